The zero-order chi connectivity index (χ0) is 18.4. The van der Waals surface area contributed by atoms with E-state index < -0.39 is 5.24 Å². The molecule has 134 valence electrons. The number of hydrogen-bond acceptors (Lipinski definition) is 5. The number of thioether (sulfide) groups is 1. The third-order valence-corrected chi connectivity index (χ3v) is 4.18. The second-order valence-corrected chi connectivity index (χ2v) is 6.29. The molecule has 0 unspecified atom stereocenters. The lowest BCUT2D eigenvalue weighted by atomic mass is 10.1. The highest BCUT2D eigenvalue weighted by Crippen LogP contribution is 2.34. The summed E-state index contributed by atoms with van der Waals surface area (Å²) in [6, 6.07) is 11.3. The van der Waals surface area contributed by atoms with E-state index in [1.165, 1.54) is 0 Å². The maximum absolute atomic E-state index is 11.9. The Morgan fingerprint density at radius 1 is 1.16 bits per heavy atom. The normalized spacial score (nSPS) is 10.4. The minimum atomic E-state index is -0.486. The molecule has 0 fully saturated rings. The van der Waals surface area contributed by atoms with Crippen molar-refractivity contribution in [2.75, 3.05) is 17.9 Å². The van der Waals surface area contributed by atoms with Gasteiger partial charge in [-0.05, 0) is 44.7 Å². The van der Waals surface area contributed by atoms with Crippen molar-refractivity contribution in [2.24, 2.45) is 0 Å². The van der Waals surface area contributed by atoms with Crippen molar-refractivity contribution in [1.29, 1.82) is 0 Å². The summed E-state index contributed by atoms with van der Waals surface area (Å²) in [7, 11) is 0. The molecule has 0 aromatic heterocycles. The van der Waals surface area contributed by atoms with Crippen molar-refractivity contribution in [3.8, 4) is 11.5 Å². The van der Waals surface area contributed by atoms with Gasteiger partial charge in [0.05, 0.1) is 6.61 Å². The number of nitrogens with zero attached hydrogens (tertiary/aromatic N) is 1. The van der Waals surface area contributed by atoms with Crippen molar-refractivity contribution in [3.05, 3.63) is 53.1 Å². The van der Waals surface area contributed by atoms with E-state index in [4.69, 9.17) is 9.47 Å². The number of ether oxygens (including phenoxy) is 2. The number of carbonyl (C=O) groups is 1. The van der Waals surface area contributed by atoms with E-state index in [1.54, 1.807) is 18.4 Å². The molecule has 0 bridgehead atoms. The third-order valence-electron chi connectivity index (χ3n) is 3.66. The van der Waals surface area contributed by atoms with Crippen molar-refractivity contribution in [3.63, 3.8) is 0 Å². The van der Waals surface area contributed by atoms with Gasteiger partial charge in [0.15, 0.2) is 0 Å². The van der Waals surface area contributed by atoms with Gasteiger partial charge in [-0.1, -0.05) is 41.6 Å². The van der Waals surface area contributed by atoms with E-state index in [2.05, 4.69) is 0 Å². The summed E-state index contributed by atoms with van der Waals surface area (Å²) >= 11 is 0.922. The van der Waals surface area contributed by atoms with Gasteiger partial charge in [0.1, 0.15) is 23.8 Å². The van der Waals surface area contributed by atoms with Crippen LogP contribution in [0.15, 0.2) is 36.4 Å². The third kappa shape index (κ3) is 4.67. The lowest BCUT2D eigenvalue weighted by Gasteiger charge is -2.21. The summed E-state index contributed by atoms with van der Waals surface area (Å²) in [6.45, 7) is 6.49. The van der Waals surface area contributed by atoms with Crippen LogP contribution in [-0.4, -0.2) is 23.3 Å². The van der Waals surface area contributed by atoms with Crippen LogP contribution < -0.4 is 14.5 Å². The highest BCUT2D eigenvalue weighted by molar-refractivity contribution is 8.13. The van der Waals surface area contributed by atoms with Crippen molar-refractivity contribution in [2.45, 2.75) is 27.4 Å². The first-order valence-corrected chi connectivity index (χ1v) is 9.22. The van der Waals surface area contributed by atoms with E-state index in [0.717, 1.165) is 28.6 Å². The summed E-state index contributed by atoms with van der Waals surface area (Å²) < 4.78 is 11.5. The Bertz CT molecular complexity index is 748. The van der Waals surface area contributed by atoms with Crippen LogP contribution in [0, 0.1) is 13.8 Å². The van der Waals surface area contributed by atoms with Crippen LogP contribution in [0.2, 0.25) is 0 Å². The summed E-state index contributed by atoms with van der Waals surface area (Å²) in [4.78, 5) is 11.9. The van der Waals surface area contributed by atoms with Crippen LogP contribution in [0.3, 0.4) is 0 Å². The van der Waals surface area contributed by atoms with Gasteiger partial charge < -0.3 is 9.47 Å². The van der Waals surface area contributed by atoms with Crippen LogP contribution in [0.25, 0.3) is 0 Å². The molecule has 0 aliphatic heterocycles. The Labute approximate surface area is 152 Å². The smallest absolute Gasteiger partial charge is 0.309 e. The molecule has 0 radical (unpaired) electrons. The number of anilines is 1. The van der Waals surface area contributed by atoms with Gasteiger partial charge in [-0.3, -0.25) is 10.0 Å². The first-order valence-electron chi connectivity index (χ1n) is 7.99. The van der Waals surface area contributed by atoms with Crippen molar-refractivity contribution in [1.82, 2.24) is 0 Å². The molecule has 0 atom stereocenters. The fourth-order valence-electron chi connectivity index (χ4n) is 2.49. The highest BCUT2D eigenvalue weighted by Gasteiger charge is 2.21. The standard InChI is InChI=1S/C19H23NO4S/c1-5-23-17-8-6-7-15(18(17)20(22)19(21)25-4)12-24-16-10-9-13(2)11-14(16)3/h6-11,22H,5,12H2,1-4H3. The predicted octanol–water partition coefficient (Wildman–Crippen LogP) is 4.96. The SMILES string of the molecule is CCOc1cccc(COc2ccc(C)cc2C)c1N(O)C(=O)SC. The van der Waals surface area contributed by atoms with Crippen molar-refractivity contribution >= 4 is 22.7 Å². The lowest BCUT2D eigenvalue weighted by Crippen LogP contribution is -2.24. The Morgan fingerprint density at radius 3 is 2.56 bits per heavy atom. The topological polar surface area (TPSA) is 59.0 Å². The molecule has 1 amide bonds. The second-order valence-electron chi connectivity index (χ2n) is 5.54. The van der Waals surface area contributed by atoms with E-state index in [9.17, 15) is 10.0 Å². The molecule has 2 aromatic carbocycles. The number of para-hydroxylation sites is 1. The summed E-state index contributed by atoms with van der Waals surface area (Å²) in [5, 5.41) is 10.4. The average Bonchev–Trinajstić information content (AvgIpc) is 2.60. The van der Waals surface area contributed by atoms with Gasteiger partial charge in [0.25, 0.3) is 0 Å². The fraction of sp³-hybridized carbons (Fsp3) is 0.316. The molecule has 2 aromatic rings. The Hall–Kier alpha value is -2.18. The Morgan fingerprint density at radius 2 is 1.92 bits per heavy atom. The fourth-order valence-corrected chi connectivity index (χ4v) is 2.76. The van der Waals surface area contributed by atoms with E-state index in [0.29, 0.717) is 28.7 Å². The minimum Gasteiger partial charge on any atom is -0.492 e. The molecule has 0 aliphatic rings. The quantitative estimate of drug-likeness (QED) is 0.582. The monoisotopic (exact) mass is 361 g/mol. The van der Waals surface area contributed by atoms with Crippen LogP contribution in [-0.2, 0) is 6.61 Å². The molecule has 0 aliphatic carbocycles. The highest BCUT2D eigenvalue weighted by atomic mass is 32.2. The number of amides is 1. The maximum Gasteiger partial charge on any atom is 0.309 e. The molecular weight excluding hydrogens is 338 g/mol. The number of hydroxylamine groups is 1. The first kappa shape index (κ1) is 19.1. The van der Waals surface area contributed by atoms with E-state index >= 15 is 0 Å². The molecular formula is C19H23NO4S. The molecule has 6 heteroatoms. The average molecular weight is 361 g/mol. The number of benzene rings is 2. The van der Waals surface area contributed by atoms with Crippen LogP contribution in [0.5, 0.6) is 11.5 Å². The van der Waals surface area contributed by atoms with Crippen LogP contribution in [0.1, 0.15) is 23.6 Å². The van der Waals surface area contributed by atoms with Gasteiger partial charge >= 0.3 is 5.24 Å². The second kappa shape index (κ2) is 8.78. The predicted molar refractivity (Wildman–Crippen MR) is 101 cm³/mol. The number of rotatable bonds is 6. The Kier molecular flexibility index (Phi) is 6.73. The molecule has 0 saturated heterocycles. The number of hydrogen-bond donors (Lipinski definition) is 1. The molecule has 2 rings (SSSR count). The molecule has 0 heterocycles. The van der Waals surface area contributed by atoms with Gasteiger partial charge in [-0.15, -0.1) is 0 Å². The summed E-state index contributed by atoms with van der Waals surface area (Å²) in [6.07, 6.45) is 1.61. The molecule has 1 N–H and O–H groups in total. The molecule has 0 saturated carbocycles. The van der Waals surface area contributed by atoms with Gasteiger partial charge in [-0.25, -0.2) is 0 Å². The Balaban J connectivity index is 2.32. The van der Waals surface area contributed by atoms with Crippen LogP contribution in [0.4, 0.5) is 10.5 Å². The maximum atomic E-state index is 11.9. The first-order chi connectivity index (χ1) is 12.0. The summed E-state index contributed by atoms with van der Waals surface area (Å²) in [5.74, 6) is 1.20. The summed E-state index contributed by atoms with van der Waals surface area (Å²) in [5.41, 5.74) is 3.17. The lowest BCUT2D eigenvalue weighted by molar-refractivity contribution is 0.221. The molecule has 0 spiro atoms. The van der Waals surface area contributed by atoms with Crippen molar-refractivity contribution < 1.29 is 19.5 Å². The van der Waals surface area contributed by atoms with Gasteiger partial charge in [0, 0.05) is 5.56 Å². The zero-order valence-corrected chi connectivity index (χ0v) is 15.7. The van der Waals surface area contributed by atoms with E-state index in [-0.39, 0.29) is 6.61 Å². The largest absolute Gasteiger partial charge is 0.492 e. The van der Waals surface area contributed by atoms with Crippen LogP contribution >= 0.6 is 11.8 Å². The molecule has 5 nitrogen and oxygen atoms in total. The minimum absolute atomic E-state index is 0.207. The zero-order valence-electron chi connectivity index (χ0n) is 14.9. The van der Waals surface area contributed by atoms with Gasteiger partial charge in [0.2, 0.25) is 0 Å². The molecule has 25 heavy (non-hydrogen) atoms. The van der Waals surface area contributed by atoms with E-state index in [1.807, 2.05) is 45.0 Å². The number of carbonyl (C=O) groups excluding carboxylic acids is 1. The number of aryl methyl sites for hydroxylation is 2. The van der Waals surface area contributed by atoms with Gasteiger partial charge in [-0.2, -0.15) is 5.06 Å².